The van der Waals surface area contributed by atoms with Gasteiger partial charge in [-0.15, -0.1) is 0 Å². The number of aromatic carboxylic acids is 1. The van der Waals surface area contributed by atoms with Gasteiger partial charge < -0.3 is 14.8 Å². The quantitative estimate of drug-likeness (QED) is 0.533. The van der Waals surface area contributed by atoms with E-state index in [-0.39, 0.29) is 11.5 Å². The molecule has 0 fully saturated rings. The van der Waals surface area contributed by atoms with E-state index in [0.29, 0.717) is 16.8 Å². The molecular formula is C21H13NO4. The number of para-hydroxylation sites is 1. The summed E-state index contributed by atoms with van der Waals surface area (Å²) in [5, 5.41) is 12.0. The van der Waals surface area contributed by atoms with Gasteiger partial charge in [0.1, 0.15) is 0 Å². The summed E-state index contributed by atoms with van der Waals surface area (Å²) in [6, 6.07) is 18.3. The molecule has 0 amide bonds. The molecule has 4 aromatic rings. The van der Waals surface area contributed by atoms with Crippen LogP contribution in [-0.4, -0.2) is 22.0 Å². The van der Waals surface area contributed by atoms with Crippen molar-refractivity contribution in [2.24, 2.45) is 0 Å². The first kappa shape index (κ1) is 14.7. The second kappa shape index (κ2) is 5.20. The first-order chi connectivity index (χ1) is 12.6. The van der Waals surface area contributed by atoms with Gasteiger partial charge in [-0.25, -0.2) is 9.59 Å². The van der Waals surface area contributed by atoms with Crippen molar-refractivity contribution in [1.82, 2.24) is 4.98 Å². The van der Waals surface area contributed by atoms with Gasteiger partial charge in [0, 0.05) is 16.3 Å². The van der Waals surface area contributed by atoms with Crippen LogP contribution < -0.4 is 0 Å². The Balaban J connectivity index is 1.76. The van der Waals surface area contributed by atoms with Crippen LogP contribution in [0.25, 0.3) is 21.7 Å². The Morgan fingerprint density at radius 3 is 2.54 bits per heavy atom. The highest BCUT2D eigenvalue weighted by Crippen LogP contribution is 2.39. The molecular weight excluding hydrogens is 330 g/mol. The van der Waals surface area contributed by atoms with E-state index in [4.69, 9.17) is 4.74 Å². The smallest absolute Gasteiger partial charge is 0.339 e. The van der Waals surface area contributed by atoms with Crippen molar-refractivity contribution in [2.75, 3.05) is 0 Å². The third kappa shape index (κ3) is 1.97. The van der Waals surface area contributed by atoms with Crippen molar-refractivity contribution < 1.29 is 19.4 Å². The number of carbonyl (C=O) groups excluding carboxylic acids is 1. The summed E-state index contributed by atoms with van der Waals surface area (Å²) in [6.07, 6.45) is -0.602. The molecule has 2 N–H and O–H groups in total. The minimum absolute atomic E-state index is 0.189. The zero-order valence-corrected chi connectivity index (χ0v) is 13.5. The zero-order valence-electron chi connectivity index (χ0n) is 13.5. The topological polar surface area (TPSA) is 79.4 Å². The van der Waals surface area contributed by atoms with Crippen LogP contribution in [0, 0.1) is 0 Å². The summed E-state index contributed by atoms with van der Waals surface area (Å²) in [5.41, 5.74) is 2.81. The zero-order chi connectivity index (χ0) is 17.8. The van der Waals surface area contributed by atoms with Crippen LogP contribution in [-0.2, 0) is 4.74 Å². The molecule has 5 nitrogen and oxygen atoms in total. The van der Waals surface area contributed by atoms with Crippen LogP contribution in [0.3, 0.4) is 0 Å². The average molecular weight is 343 g/mol. The number of fused-ring (bicyclic) bond motifs is 1. The molecule has 0 radical (unpaired) electrons. The normalized spacial score (nSPS) is 16.0. The molecule has 2 heterocycles. The number of nitrogens with one attached hydrogen (secondary N) is 1. The molecule has 3 aromatic carbocycles. The minimum atomic E-state index is -1.00. The lowest BCUT2D eigenvalue weighted by molar-refractivity contribution is 0.0359. The molecule has 0 aliphatic carbocycles. The van der Waals surface area contributed by atoms with Crippen molar-refractivity contribution in [3.63, 3.8) is 0 Å². The van der Waals surface area contributed by atoms with Crippen molar-refractivity contribution in [3.05, 3.63) is 83.0 Å². The van der Waals surface area contributed by atoms with Gasteiger partial charge >= 0.3 is 11.9 Å². The highest BCUT2D eigenvalue weighted by molar-refractivity contribution is 6.08. The van der Waals surface area contributed by atoms with Gasteiger partial charge in [-0.05, 0) is 23.6 Å². The lowest BCUT2D eigenvalue weighted by atomic mass is 9.92. The number of aromatic nitrogens is 1. The van der Waals surface area contributed by atoms with Crippen LogP contribution in [0.5, 0.6) is 0 Å². The van der Waals surface area contributed by atoms with E-state index in [2.05, 4.69) is 4.98 Å². The van der Waals surface area contributed by atoms with E-state index in [1.165, 1.54) is 0 Å². The molecule has 1 aromatic heterocycles. The van der Waals surface area contributed by atoms with Crippen LogP contribution in [0.2, 0.25) is 0 Å². The predicted molar refractivity (Wildman–Crippen MR) is 96.5 cm³/mol. The van der Waals surface area contributed by atoms with Crippen LogP contribution in [0.1, 0.15) is 38.1 Å². The molecule has 1 unspecified atom stereocenters. The molecule has 1 aliphatic rings. The second-order valence-corrected chi connectivity index (χ2v) is 6.34. The number of carboxylic acid groups (broad SMARTS) is 1. The summed E-state index contributed by atoms with van der Waals surface area (Å²) in [7, 11) is 0. The highest BCUT2D eigenvalue weighted by Gasteiger charge is 2.30. The van der Waals surface area contributed by atoms with E-state index in [0.717, 1.165) is 21.7 Å². The lowest BCUT2D eigenvalue weighted by Gasteiger charge is -2.25. The van der Waals surface area contributed by atoms with E-state index in [1.54, 1.807) is 18.2 Å². The molecule has 0 bridgehead atoms. The standard InChI is InChI=1S/C21H13NO4/c23-20(24)15-9-3-6-12-10-16(22-18(12)15)19-13-7-1-4-11-5-2-8-14(17(11)13)21(25)26-19/h1-10,19,22H,(H,23,24). The van der Waals surface area contributed by atoms with Gasteiger partial charge in [0.2, 0.25) is 0 Å². The maximum atomic E-state index is 12.5. The number of rotatable bonds is 2. The van der Waals surface area contributed by atoms with Gasteiger partial charge in [0.15, 0.2) is 6.10 Å². The SMILES string of the molecule is O=C(O)c1cccc2cc(C3OC(=O)c4cccc5cccc3c45)[nH]c12. The van der Waals surface area contributed by atoms with Crippen molar-refractivity contribution >= 4 is 33.6 Å². The molecule has 5 rings (SSSR count). The lowest BCUT2D eigenvalue weighted by Crippen LogP contribution is -2.19. The largest absolute Gasteiger partial charge is 0.478 e. The summed E-state index contributed by atoms with van der Waals surface area (Å²) in [5.74, 6) is -1.38. The summed E-state index contributed by atoms with van der Waals surface area (Å²) < 4.78 is 5.70. The Kier molecular flexibility index (Phi) is 2.94. The van der Waals surface area contributed by atoms with E-state index in [9.17, 15) is 14.7 Å². The predicted octanol–water partition coefficient (Wildman–Crippen LogP) is 4.28. The number of carbonyl (C=O) groups is 2. The van der Waals surface area contributed by atoms with Gasteiger partial charge in [0.05, 0.1) is 22.3 Å². The van der Waals surface area contributed by atoms with Gasteiger partial charge in [-0.1, -0.05) is 42.5 Å². The van der Waals surface area contributed by atoms with Crippen LogP contribution >= 0.6 is 0 Å². The molecule has 0 saturated heterocycles. The highest BCUT2D eigenvalue weighted by atomic mass is 16.5. The third-order valence-electron chi connectivity index (χ3n) is 4.85. The monoisotopic (exact) mass is 343 g/mol. The van der Waals surface area contributed by atoms with E-state index >= 15 is 0 Å². The Labute approximate surface area is 147 Å². The first-order valence-corrected chi connectivity index (χ1v) is 8.21. The van der Waals surface area contributed by atoms with Gasteiger partial charge in [-0.2, -0.15) is 0 Å². The fraction of sp³-hybridized carbons (Fsp3) is 0.0476. The summed E-state index contributed by atoms with van der Waals surface area (Å²) in [6.45, 7) is 0. The van der Waals surface area contributed by atoms with Crippen LogP contribution in [0.15, 0.2) is 60.7 Å². The van der Waals surface area contributed by atoms with Crippen LogP contribution in [0.4, 0.5) is 0 Å². The number of H-pyrrole nitrogens is 1. The maximum Gasteiger partial charge on any atom is 0.339 e. The molecule has 0 saturated carbocycles. The number of carboxylic acids is 1. The number of hydrogen-bond donors (Lipinski definition) is 2. The van der Waals surface area contributed by atoms with E-state index in [1.807, 2.05) is 42.5 Å². The number of cyclic esters (lactones) is 1. The maximum absolute atomic E-state index is 12.5. The number of benzene rings is 3. The Bertz CT molecular complexity index is 1220. The molecule has 5 heteroatoms. The van der Waals surface area contributed by atoms with Crippen molar-refractivity contribution in [3.8, 4) is 0 Å². The van der Waals surface area contributed by atoms with Crippen molar-refractivity contribution in [1.29, 1.82) is 0 Å². The second-order valence-electron chi connectivity index (χ2n) is 6.34. The fourth-order valence-electron chi connectivity index (χ4n) is 3.72. The average Bonchev–Trinajstić information content (AvgIpc) is 3.08. The Morgan fingerprint density at radius 2 is 1.73 bits per heavy atom. The van der Waals surface area contributed by atoms with Crippen molar-refractivity contribution in [2.45, 2.75) is 6.10 Å². The molecule has 1 atom stereocenters. The third-order valence-corrected chi connectivity index (χ3v) is 4.85. The van der Waals surface area contributed by atoms with Gasteiger partial charge in [-0.3, -0.25) is 0 Å². The molecule has 126 valence electrons. The number of aromatic amines is 1. The summed E-state index contributed by atoms with van der Waals surface area (Å²) in [4.78, 5) is 27.1. The Morgan fingerprint density at radius 1 is 1.00 bits per heavy atom. The van der Waals surface area contributed by atoms with Gasteiger partial charge in [0.25, 0.3) is 0 Å². The number of ether oxygens (including phenoxy) is 1. The molecule has 0 spiro atoms. The first-order valence-electron chi connectivity index (χ1n) is 8.21. The van der Waals surface area contributed by atoms with E-state index < -0.39 is 12.1 Å². The molecule has 1 aliphatic heterocycles. The molecule has 26 heavy (non-hydrogen) atoms. The number of esters is 1. The Hall–Kier alpha value is -3.60. The summed E-state index contributed by atoms with van der Waals surface area (Å²) >= 11 is 0. The fourth-order valence-corrected chi connectivity index (χ4v) is 3.72. The minimum Gasteiger partial charge on any atom is -0.478 e. The number of hydrogen-bond acceptors (Lipinski definition) is 3.